The number of hydrogen-bond donors (Lipinski definition) is 3. The molecule has 126 valence electrons. The van der Waals surface area contributed by atoms with Crippen LogP contribution in [0.4, 0.5) is 0 Å². The van der Waals surface area contributed by atoms with Crippen LogP contribution < -0.4 is 16.4 Å². The van der Waals surface area contributed by atoms with Crippen molar-refractivity contribution in [3.8, 4) is 0 Å². The van der Waals surface area contributed by atoms with Crippen LogP contribution in [0.5, 0.6) is 0 Å². The second-order valence-electron chi connectivity index (χ2n) is 6.36. The Bertz CT molecular complexity index is 551. The smallest absolute Gasteiger partial charge is 0.251 e. The van der Waals surface area contributed by atoms with Gasteiger partial charge in [0.25, 0.3) is 5.91 Å². The van der Waals surface area contributed by atoms with Crippen LogP contribution in [0.1, 0.15) is 61.4 Å². The van der Waals surface area contributed by atoms with Crippen molar-refractivity contribution in [2.75, 3.05) is 6.54 Å². The first-order valence-corrected chi connectivity index (χ1v) is 8.49. The van der Waals surface area contributed by atoms with Crippen molar-refractivity contribution in [3.05, 3.63) is 35.4 Å². The van der Waals surface area contributed by atoms with E-state index in [1.807, 2.05) is 25.1 Å². The van der Waals surface area contributed by atoms with Gasteiger partial charge in [0.05, 0.1) is 5.54 Å². The molecule has 0 bridgehead atoms. The van der Waals surface area contributed by atoms with E-state index in [1.54, 1.807) is 6.07 Å². The highest BCUT2D eigenvalue weighted by Crippen LogP contribution is 2.26. The van der Waals surface area contributed by atoms with Crippen molar-refractivity contribution in [2.45, 2.75) is 57.5 Å². The molecule has 1 aliphatic carbocycles. The monoisotopic (exact) mass is 317 g/mol. The SMILES string of the molecule is CCCNC(=O)c1cccc(CNC(=O)C2(N)CCCCC2)c1. The first-order valence-electron chi connectivity index (χ1n) is 8.49. The Kier molecular flexibility index (Phi) is 6.16. The summed E-state index contributed by atoms with van der Waals surface area (Å²) >= 11 is 0. The Labute approximate surface area is 138 Å². The number of nitrogens with two attached hydrogens (primary N) is 1. The third-order valence-corrected chi connectivity index (χ3v) is 4.38. The van der Waals surface area contributed by atoms with Crippen molar-refractivity contribution < 1.29 is 9.59 Å². The van der Waals surface area contributed by atoms with Crippen LogP contribution in [0, 0.1) is 0 Å². The summed E-state index contributed by atoms with van der Waals surface area (Å²) in [4.78, 5) is 24.3. The number of rotatable bonds is 6. The molecule has 0 radical (unpaired) electrons. The molecule has 0 aromatic heterocycles. The lowest BCUT2D eigenvalue weighted by molar-refractivity contribution is -0.127. The molecule has 2 amide bonds. The molecule has 0 heterocycles. The van der Waals surface area contributed by atoms with Crippen LogP contribution >= 0.6 is 0 Å². The normalized spacial score (nSPS) is 16.6. The number of amides is 2. The van der Waals surface area contributed by atoms with Gasteiger partial charge in [-0.05, 0) is 37.0 Å². The van der Waals surface area contributed by atoms with Gasteiger partial charge >= 0.3 is 0 Å². The zero-order valence-corrected chi connectivity index (χ0v) is 13.9. The molecule has 1 aliphatic rings. The highest BCUT2D eigenvalue weighted by molar-refractivity contribution is 5.94. The lowest BCUT2D eigenvalue weighted by Gasteiger charge is -2.31. The maximum Gasteiger partial charge on any atom is 0.251 e. The average Bonchev–Trinajstić information content (AvgIpc) is 2.58. The molecule has 1 aromatic carbocycles. The minimum atomic E-state index is -0.728. The standard InChI is InChI=1S/C18H27N3O2/c1-2-11-20-16(22)15-8-6-7-14(12-15)13-21-17(23)18(19)9-4-3-5-10-18/h6-8,12H,2-5,9-11,13,19H2,1H3,(H,20,22)(H,21,23). The summed E-state index contributed by atoms with van der Waals surface area (Å²) in [6.07, 6.45) is 5.58. The van der Waals surface area contributed by atoms with Gasteiger partial charge in [-0.2, -0.15) is 0 Å². The van der Waals surface area contributed by atoms with Crippen LogP contribution in [0.15, 0.2) is 24.3 Å². The van der Waals surface area contributed by atoms with E-state index in [4.69, 9.17) is 5.73 Å². The summed E-state index contributed by atoms with van der Waals surface area (Å²) in [6, 6.07) is 7.33. The van der Waals surface area contributed by atoms with Crippen LogP contribution in [0.25, 0.3) is 0 Å². The minimum absolute atomic E-state index is 0.0809. The fourth-order valence-corrected chi connectivity index (χ4v) is 2.93. The molecule has 0 aliphatic heterocycles. The summed E-state index contributed by atoms with van der Waals surface area (Å²) in [7, 11) is 0. The van der Waals surface area contributed by atoms with Gasteiger partial charge in [-0.25, -0.2) is 0 Å². The highest BCUT2D eigenvalue weighted by Gasteiger charge is 2.34. The first-order chi connectivity index (χ1) is 11.0. The van der Waals surface area contributed by atoms with E-state index < -0.39 is 5.54 Å². The van der Waals surface area contributed by atoms with E-state index in [1.165, 1.54) is 0 Å². The molecule has 1 fully saturated rings. The van der Waals surface area contributed by atoms with Gasteiger partial charge in [-0.15, -0.1) is 0 Å². The van der Waals surface area contributed by atoms with Gasteiger partial charge in [0, 0.05) is 18.7 Å². The molecule has 4 N–H and O–H groups in total. The van der Waals surface area contributed by atoms with E-state index in [2.05, 4.69) is 10.6 Å². The summed E-state index contributed by atoms with van der Waals surface area (Å²) < 4.78 is 0. The largest absolute Gasteiger partial charge is 0.352 e. The number of benzene rings is 1. The van der Waals surface area contributed by atoms with Crippen molar-refractivity contribution in [2.24, 2.45) is 5.73 Å². The van der Waals surface area contributed by atoms with E-state index >= 15 is 0 Å². The molecule has 23 heavy (non-hydrogen) atoms. The topological polar surface area (TPSA) is 84.2 Å². The number of carbonyl (C=O) groups excluding carboxylic acids is 2. The third-order valence-electron chi connectivity index (χ3n) is 4.38. The Hall–Kier alpha value is -1.88. The zero-order valence-electron chi connectivity index (χ0n) is 13.9. The van der Waals surface area contributed by atoms with E-state index in [-0.39, 0.29) is 11.8 Å². The predicted molar refractivity (Wildman–Crippen MR) is 90.9 cm³/mol. The minimum Gasteiger partial charge on any atom is -0.352 e. The van der Waals surface area contributed by atoms with Crippen molar-refractivity contribution in [1.29, 1.82) is 0 Å². The molecule has 5 heteroatoms. The Balaban J connectivity index is 1.92. The molecule has 0 saturated heterocycles. The Morgan fingerprint density at radius 3 is 2.61 bits per heavy atom. The Morgan fingerprint density at radius 1 is 1.17 bits per heavy atom. The molecule has 0 atom stereocenters. The molecule has 5 nitrogen and oxygen atoms in total. The number of nitrogens with one attached hydrogen (secondary N) is 2. The van der Waals surface area contributed by atoms with Gasteiger partial charge in [0.2, 0.25) is 5.91 Å². The quantitative estimate of drug-likeness (QED) is 0.751. The Morgan fingerprint density at radius 2 is 1.91 bits per heavy atom. The molecule has 0 unspecified atom stereocenters. The summed E-state index contributed by atoms with van der Waals surface area (Å²) in [6.45, 7) is 3.07. The second-order valence-corrected chi connectivity index (χ2v) is 6.36. The van der Waals surface area contributed by atoms with Gasteiger partial charge in [0.15, 0.2) is 0 Å². The molecular weight excluding hydrogens is 290 g/mol. The van der Waals surface area contributed by atoms with Crippen LogP contribution in [0.3, 0.4) is 0 Å². The second kappa shape index (κ2) is 8.11. The number of hydrogen-bond acceptors (Lipinski definition) is 3. The van der Waals surface area contributed by atoms with E-state index in [9.17, 15) is 9.59 Å². The molecule has 0 spiro atoms. The number of carbonyl (C=O) groups is 2. The first kappa shape index (κ1) is 17.5. The summed E-state index contributed by atoms with van der Waals surface area (Å²) in [5, 5.41) is 5.78. The summed E-state index contributed by atoms with van der Waals surface area (Å²) in [5.74, 6) is -0.166. The zero-order chi connectivity index (χ0) is 16.7. The highest BCUT2D eigenvalue weighted by atomic mass is 16.2. The fraction of sp³-hybridized carbons (Fsp3) is 0.556. The molecule has 1 aromatic rings. The van der Waals surface area contributed by atoms with E-state index in [0.717, 1.165) is 44.1 Å². The van der Waals surface area contributed by atoms with Crippen LogP contribution in [-0.4, -0.2) is 23.9 Å². The molecule has 2 rings (SSSR count). The summed E-state index contributed by atoms with van der Waals surface area (Å²) in [5.41, 5.74) is 7.02. The van der Waals surface area contributed by atoms with Gasteiger partial charge in [-0.3, -0.25) is 9.59 Å². The fourth-order valence-electron chi connectivity index (χ4n) is 2.93. The maximum atomic E-state index is 12.3. The van der Waals surface area contributed by atoms with Gasteiger partial charge in [0.1, 0.15) is 0 Å². The third kappa shape index (κ3) is 4.79. The molecule has 1 saturated carbocycles. The van der Waals surface area contributed by atoms with Crippen molar-refractivity contribution in [3.63, 3.8) is 0 Å². The van der Waals surface area contributed by atoms with Gasteiger partial charge in [-0.1, -0.05) is 38.3 Å². The van der Waals surface area contributed by atoms with Crippen LogP contribution in [-0.2, 0) is 11.3 Å². The van der Waals surface area contributed by atoms with Crippen LogP contribution in [0.2, 0.25) is 0 Å². The van der Waals surface area contributed by atoms with E-state index in [0.29, 0.717) is 18.7 Å². The lowest BCUT2D eigenvalue weighted by atomic mass is 9.82. The lowest BCUT2D eigenvalue weighted by Crippen LogP contribution is -2.54. The predicted octanol–water partition coefficient (Wildman–Crippen LogP) is 2.10. The molecular formula is C18H27N3O2. The van der Waals surface area contributed by atoms with Crippen molar-refractivity contribution >= 4 is 11.8 Å². The van der Waals surface area contributed by atoms with Gasteiger partial charge < -0.3 is 16.4 Å². The average molecular weight is 317 g/mol. The van der Waals surface area contributed by atoms with Crippen molar-refractivity contribution in [1.82, 2.24) is 10.6 Å². The maximum absolute atomic E-state index is 12.3.